The van der Waals surface area contributed by atoms with Crippen molar-refractivity contribution in [3.63, 3.8) is 0 Å². The number of hydrogen-bond donors (Lipinski definition) is 1. The zero-order valence-corrected chi connectivity index (χ0v) is 16.2. The fraction of sp³-hybridized carbons (Fsp3) is 0.391. The van der Waals surface area contributed by atoms with Crippen LogP contribution in [0.1, 0.15) is 58.9 Å². The van der Waals surface area contributed by atoms with Crippen LogP contribution in [-0.2, 0) is 6.54 Å². The van der Waals surface area contributed by atoms with Crippen molar-refractivity contribution < 1.29 is 14.3 Å². The van der Waals surface area contributed by atoms with Gasteiger partial charge in [0.05, 0.1) is 6.61 Å². The first-order valence-corrected chi connectivity index (χ1v) is 10.1. The molecule has 2 aliphatic rings. The third-order valence-corrected chi connectivity index (χ3v) is 5.14. The summed E-state index contributed by atoms with van der Waals surface area (Å²) in [5, 5.41) is 3.00. The highest BCUT2D eigenvalue weighted by Gasteiger charge is 2.33. The van der Waals surface area contributed by atoms with E-state index in [1.54, 1.807) is 0 Å². The van der Waals surface area contributed by atoms with Crippen molar-refractivity contribution in [2.45, 2.75) is 51.2 Å². The van der Waals surface area contributed by atoms with Crippen molar-refractivity contribution >= 4 is 11.8 Å². The molecule has 2 amide bonds. The number of carbonyl (C=O) groups is 2. The molecule has 5 nitrogen and oxygen atoms in total. The Morgan fingerprint density at radius 1 is 0.964 bits per heavy atom. The molecule has 2 aromatic rings. The van der Waals surface area contributed by atoms with Gasteiger partial charge in [-0.1, -0.05) is 12.1 Å². The summed E-state index contributed by atoms with van der Waals surface area (Å²) in [6.45, 7) is 3.10. The molecule has 0 saturated heterocycles. The van der Waals surface area contributed by atoms with Crippen LogP contribution in [0.4, 0.5) is 0 Å². The third-order valence-electron chi connectivity index (χ3n) is 5.14. The Balaban J connectivity index is 1.43. The summed E-state index contributed by atoms with van der Waals surface area (Å²) >= 11 is 0. The predicted octanol–water partition coefficient (Wildman–Crippen LogP) is 3.78. The molecule has 28 heavy (non-hydrogen) atoms. The highest BCUT2D eigenvalue weighted by molar-refractivity contribution is 5.95. The fourth-order valence-corrected chi connectivity index (χ4v) is 3.23. The van der Waals surface area contributed by atoms with E-state index in [9.17, 15) is 9.59 Å². The van der Waals surface area contributed by atoms with Gasteiger partial charge in [0.25, 0.3) is 11.8 Å². The quantitative estimate of drug-likeness (QED) is 0.760. The highest BCUT2D eigenvalue weighted by Crippen LogP contribution is 2.30. The molecule has 0 aromatic heterocycles. The molecule has 2 fully saturated rings. The average molecular weight is 378 g/mol. The number of nitrogens with one attached hydrogen (secondary N) is 1. The standard InChI is InChI=1S/C23H26N2O3/c1-2-28-21-13-7-18(8-14-21)23(27)25(20-11-12-20)15-16-3-5-17(6-4-16)22(26)24-19-9-10-19/h3-8,13-14,19-20H,2,9-12,15H2,1H3,(H,24,26). The Kier molecular flexibility index (Phi) is 5.33. The number of nitrogens with zero attached hydrogens (tertiary/aromatic N) is 1. The molecule has 0 aliphatic heterocycles. The van der Waals surface area contributed by atoms with Gasteiger partial charge in [-0.15, -0.1) is 0 Å². The van der Waals surface area contributed by atoms with Crippen LogP contribution in [0.5, 0.6) is 5.75 Å². The Labute approximate surface area is 165 Å². The minimum atomic E-state index is -0.0152. The lowest BCUT2D eigenvalue weighted by atomic mass is 10.1. The summed E-state index contributed by atoms with van der Waals surface area (Å²) in [5.74, 6) is 0.803. The summed E-state index contributed by atoms with van der Waals surface area (Å²) in [6.07, 6.45) is 4.25. The Bertz CT molecular complexity index is 837. The molecule has 2 saturated carbocycles. The highest BCUT2D eigenvalue weighted by atomic mass is 16.5. The van der Waals surface area contributed by atoms with E-state index >= 15 is 0 Å². The number of ether oxygens (including phenoxy) is 1. The molecule has 0 spiro atoms. The van der Waals surface area contributed by atoms with E-state index < -0.39 is 0 Å². The maximum Gasteiger partial charge on any atom is 0.254 e. The second-order valence-electron chi connectivity index (χ2n) is 7.57. The number of hydrogen-bond acceptors (Lipinski definition) is 3. The van der Waals surface area contributed by atoms with E-state index in [4.69, 9.17) is 4.74 Å². The average Bonchev–Trinajstić information content (AvgIpc) is 3.62. The summed E-state index contributed by atoms with van der Waals surface area (Å²) in [6, 6.07) is 15.6. The van der Waals surface area contributed by atoms with Gasteiger partial charge in [-0.3, -0.25) is 9.59 Å². The molecule has 146 valence electrons. The molecule has 0 atom stereocenters. The lowest BCUT2D eigenvalue weighted by Crippen LogP contribution is -2.32. The first-order valence-electron chi connectivity index (χ1n) is 10.1. The maximum absolute atomic E-state index is 13.0. The summed E-state index contributed by atoms with van der Waals surface area (Å²) in [4.78, 5) is 27.1. The predicted molar refractivity (Wildman–Crippen MR) is 107 cm³/mol. The van der Waals surface area contributed by atoms with Gasteiger partial charge >= 0.3 is 0 Å². The van der Waals surface area contributed by atoms with Crippen LogP contribution in [-0.4, -0.2) is 35.4 Å². The maximum atomic E-state index is 13.0. The summed E-state index contributed by atoms with van der Waals surface area (Å²) in [7, 11) is 0. The molecule has 0 heterocycles. The molecular formula is C23H26N2O3. The first-order chi connectivity index (χ1) is 13.6. The third kappa shape index (κ3) is 4.53. The molecule has 4 rings (SSSR count). The Morgan fingerprint density at radius 3 is 2.18 bits per heavy atom. The number of carbonyl (C=O) groups excluding carboxylic acids is 2. The second kappa shape index (κ2) is 8.05. The summed E-state index contributed by atoms with van der Waals surface area (Å²) < 4.78 is 5.46. The van der Waals surface area contributed by atoms with Gasteiger partial charge < -0.3 is 15.0 Å². The molecule has 2 aliphatic carbocycles. The Hall–Kier alpha value is -2.82. The number of amides is 2. The van der Waals surface area contributed by atoms with Crippen molar-refractivity contribution in [2.24, 2.45) is 0 Å². The normalized spacial score (nSPS) is 15.8. The van der Waals surface area contributed by atoms with Crippen molar-refractivity contribution in [1.82, 2.24) is 10.2 Å². The summed E-state index contributed by atoms with van der Waals surface area (Å²) in [5.41, 5.74) is 2.39. The van der Waals surface area contributed by atoms with Crippen LogP contribution >= 0.6 is 0 Å². The van der Waals surface area contributed by atoms with Crippen molar-refractivity contribution in [3.8, 4) is 5.75 Å². The largest absolute Gasteiger partial charge is 0.494 e. The smallest absolute Gasteiger partial charge is 0.254 e. The van der Waals surface area contributed by atoms with E-state index in [0.29, 0.717) is 36.4 Å². The van der Waals surface area contributed by atoms with E-state index in [0.717, 1.165) is 37.0 Å². The van der Waals surface area contributed by atoms with Crippen LogP contribution in [0.2, 0.25) is 0 Å². The van der Waals surface area contributed by atoms with E-state index in [2.05, 4.69) is 5.32 Å². The lowest BCUT2D eigenvalue weighted by molar-refractivity contribution is 0.0729. The number of rotatable bonds is 8. The number of benzene rings is 2. The van der Waals surface area contributed by atoms with Gasteiger partial charge in [0.15, 0.2) is 0 Å². The van der Waals surface area contributed by atoms with Crippen LogP contribution in [0.3, 0.4) is 0 Å². The van der Waals surface area contributed by atoms with E-state index in [-0.39, 0.29) is 11.8 Å². The molecule has 0 unspecified atom stereocenters. The van der Waals surface area contributed by atoms with Crippen LogP contribution in [0, 0.1) is 0 Å². The van der Waals surface area contributed by atoms with E-state index in [1.165, 1.54) is 0 Å². The fourth-order valence-electron chi connectivity index (χ4n) is 3.23. The molecule has 1 N–H and O–H groups in total. The van der Waals surface area contributed by atoms with Crippen molar-refractivity contribution in [2.75, 3.05) is 6.61 Å². The zero-order chi connectivity index (χ0) is 19.5. The van der Waals surface area contributed by atoms with Gasteiger partial charge in [0.2, 0.25) is 0 Å². The molecule has 0 radical (unpaired) electrons. The first kappa shape index (κ1) is 18.5. The van der Waals surface area contributed by atoms with Gasteiger partial charge in [-0.2, -0.15) is 0 Å². The lowest BCUT2D eigenvalue weighted by Gasteiger charge is -2.23. The molecular weight excluding hydrogens is 352 g/mol. The Morgan fingerprint density at radius 2 is 1.61 bits per heavy atom. The van der Waals surface area contributed by atoms with Crippen molar-refractivity contribution in [3.05, 3.63) is 65.2 Å². The zero-order valence-electron chi connectivity index (χ0n) is 16.2. The van der Waals surface area contributed by atoms with Gasteiger partial charge in [0.1, 0.15) is 5.75 Å². The molecule has 0 bridgehead atoms. The van der Waals surface area contributed by atoms with E-state index in [1.807, 2.05) is 60.4 Å². The van der Waals surface area contributed by atoms with Crippen molar-refractivity contribution in [1.29, 1.82) is 0 Å². The van der Waals surface area contributed by atoms with Crippen LogP contribution in [0.25, 0.3) is 0 Å². The molecule has 5 heteroatoms. The second-order valence-corrected chi connectivity index (χ2v) is 7.57. The monoisotopic (exact) mass is 378 g/mol. The molecule has 2 aromatic carbocycles. The van der Waals surface area contributed by atoms with Crippen LogP contribution in [0.15, 0.2) is 48.5 Å². The van der Waals surface area contributed by atoms with Crippen LogP contribution < -0.4 is 10.1 Å². The van der Waals surface area contributed by atoms with Gasteiger partial charge in [0, 0.05) is 29.8 Å². The van der Waals surface area contributed by atoms with Gasteiger partial charge in [-0.25, -0.2) is 0 Å². The topological polar surface area (TPSA) is 58.6 Å². The van der Waals surface area contributed by atoms with Gasteiger partial charge in [-0.05, 0) is 74.6 Å². The minimum Gasteiger partial charge on any atom is -0.494 e. The SMILES string of the molecule is CCOc1ccc(C(=O)N(Cc2ccc(C(=O)NC3CC3)cc2)C2CC2)cc1. The minimum absolute atomic E-state index is 0.0152.